The number of likely N-dealkylation sites (N-methyl/N-ethyl adjacent to an activating group) is 1. The van der Waals surface area contributed by atoms with Crippen molar-refractivity contribution in [3.05, 3.63) is 58.1 Å². The van der Waals surface area contributed by atoms with Crippen molar-refractivity contribution in [2.45, 2.75) is 12.5 Å². The number of ether oxygens (including phenoxy) is 2. The van der Waals surface area contributed by atoms with Gasteiger partial charge in [-0.25, -0.2) is 0 Å². The van der Waals surface area contributed by atoms with Crippen LogP contribution < -0.4 is 14.8 Å². The van der Waals surface area contributed by atoms with Gasteiger partial charge in [-0.15, -0.1) is 0 Å². The second-order valence-electron chi connectivity index (χ2n) is 4.78. The van der Waals surface area contributed by atoms with Crippen molar-refractivity contribution in [3.63, 3.8) is 0 Å². The maximum atomic E-state index is 5.50. The van der Waals surface area contributed by atoms with E-state index in [1.165, 1.54) is 5.56 Å². The predicted octanol–water partition coefficient (Wildman–Crippen LogP) is 3.97. The van der Waals surface area contributed by atoms with Crippen LogP contribution in [0.1, 0.15) is 17.2 Å². The van der Waals surface area contributed by atoms with Crippen LogP contribution in [0.5, 0.6) is 11.5 Å². The third kappa shape index (κ3) is 3.99. The minimum atomic E-state index is 0.181. The molecule has 3 nitrogen and oxygen atoms in total. The van der Waals surface area contributed by atoms with Crippen molar-refractivity contribution in [2.24, 2.45) is 0 Å². The third-order valence-electron chi connectivity index (χ3n) is 3.49. The highest BCUT2D eigenvalue weighted by Gasteiger charge is 2.15. The van der Waals surface area contributed by atoms with E-state index in [-0.39, 0.29) is 6.04 Å². The average Bonchev–Trinajstić information content (AvgIpc) is 2.53. The summed E-state index contributed by atoms with van der Waals surface area (Å²) in [7, 11) is 5.35. The van der Waals surface area contributed by atoms with Gasteiger partial charge in [0, 0.05) is 16.1 Å². The number of halogens is 1. The summed E-state index contributed by atoms with van der Waals surface area (Å²) in [5, 5.41) is 3.36. The molecule has 1 unspecified atom stereocenters. The summed E-state index contributed by atoms with van der Waals surface area (Å²) in [6, 6.07) is 14.4. The molecule has 0 spiro atoms. The molecule has 2 aromatic rings. The highest BCUT2D eigenvalue weighted by molar-refractivity contribution is 9.10. The van der Waals surface area contributed by atoms with E-state index in [0.29, 0.717) is 0 Å². The summed E-state index contributed by atoms with van der Waals surface area (Å²) in [4.78, 5) is 0. The number of hydrogen-bond donors (Lipinski definition) is 1. The zero-order valence-electron chi connectivity index (χ0n) is 12.5. The fourth-order valence-electron chi connectivity index (χ4n) is 2.38. The molecule has 0 saturated heterocycles. The van der Waals surface area contributed by atoms with E-state index < -0.39 is 0 Å². The van der Waals surface area contributed by atoms with E-state index in [9.17, 15) is 0 Å². The van der Waals surface area contributed by atoms with Crippen molar-refractivity contribution in [2.75, 3.05) is 21.3 Å². The van der Waals surface area contributed by atoms with Crippen LogP contribution in [0, 0.1) is 0 Å². The van der Waals surface area contributed by atoms with Gasteiger partial charge in [0.2, 0.25) is 0 Å². The van der Waals surface area contributed by atoms with Crippen LogP contribution in [-0.2, 0) is 6.42 Å². The Morgan fingerprint density at radius 1 is 1.10 bits per heavy atom. The Kier molecular flexibility index (Phi) is 5.65. The summed E-state index contributed by atoms with van der Waals surface area (Å²) < 4.78 is 11.8. The normalized spacial score (nSPS) is 12.0. The SMILES string of the molecule is CNC(Cc1cccc(OC)c1)c1ccc(Br)cc1OC. The number of nitrogens with one attached hydrogen (secondary N) is 1. The summed E-state index contributed by atoms with van der Waals surface area (Å²) in [5.74, 6) is 1.76. The van der Waals surface area contributed by atoms with Crippen molar-refractivity contribution in [1.82, 2.24) is 5.32 Å². The molecule has 4 heteroatoms. The molecule has 0 saturated carbocycles. The van der Waals surface area contributed by atoms with E-state index >= 15 is 0 Å². The Balaban J connectivity index is 2.27. The van der Waals surface area contributed by atoms with Gasteiger partial charge in [0.05, 0.1) is 14.2 Å². The lowest BCUT2D eigenvalue weighted by molar-refractivity contribution is 0.400. The first-order valence-electron chi connectivity index (χ1n) is 6.81. The van der Waals surface area contributed by atoms with E-state index in [4.69, 9.17) is 9.47 Å². The molecule has 0 aliphatic rings. The number of benzene rings is 2. The molecule has 2 rings (SSSR count). The van der Waals surface area contributed by atoms with Crippen LogP contribution in [0.2, 0.25) is 0 Å². The van der Waals surface area contributed by atoms with Gasteiger partial charge in [0.1, 0.15) is 11.5 Å². The van der Waals surface area contributed by atoms with Crippen molar-refractivity contribution in [3.8, 4) is 11.5 Å². The fourth-order valence-corrected chi connectivity index (χ4v) is 2.72. The molecule has 0 fully saturated rings. The van der Waals surface area contributed by atoms with Gasteiger partial charge in [0.15, 0.2) is 0 Å². The highest BCUT2D eigenvalue weighted by Crippen LogP contribution is 2.30. The first-order valence-corrected chi connectivity index (χ1v) is 7.61. The maximum Gasteiger partial charge on any atom is 0.124 e. The summed E-state index contributed by atoms with van der Waals surface area (Å²) in [6.07, 6.45) is 0.867. The zero-order chi connectivity index (χ0) is 15.2. The summed E-state index contributed by atoms with van der Waals surface area (Å²) >= 11 is 3.48. The van der Waals surface area contributed by atoms with Gasteiger partial charge < -0.3 is 14.8 Å². The Morgan fingerprint density at radius 2 is 1.90 bits per heavy atom. The molecule has 2 aromatic carbocycles. The molecule has 0 aliphatic carbocycles. The topological polar surface area (TPSA) is 30.5 Å². The van der Waals surface area contributed by atoms with Gasteiger partial charge >= 0.3 is 0 Å². The molecule has 0 radical (unpaired) electrons. The largest absolute Gasteiger partial charge is 0.497 e. The van der Waals surface area contributed by atoms with Crippen molar-refractivity contribution >= 4 is 15.9 Å². The smallest absolute Gasteiger partial charge is 0.124 e. The van der Waals surface area contributed by atoms with Gasteiger partial charge in [0.25, 0.3) is 0 Å². The van der Waals surface area contributed by atoms with E-state index in [1.807, 2.05) is 31.3 Å². The number of methoxy groups -OCH3 is 2. The average molecular weight is 350 g/mol. The van der Waals surface area contributed by atoms with Crippen LogP contribution in [0.4, 0.5) is 0 Å². The molecule has 0 amide bonds. The van der Waals surface area contributed by atoms with Crippen LogP contribution in [0.15, 0.2) is 46.9 Å². The monoisotopic (exact) mass is 349 g/mol. The Hall–Kier alpha value is -1.52. The third-order valence-corrected chi connectivity index (χ3v) is 3.99. The standard InChI is InChI=1S/C17H20BrNO2/c1-19-16(10-12-5-4-6-14(9-12)20-2)15-8-7-13(18)11-17(15)21-3/h4-9,11,16,19H,10H2,1-3H3. The van der Waals surface area contributed by atoms with Gasteiger partial charge in [-0.05, 0) is 43.3 Å². The van der Waals surface area contributed by atoms with E-state index in [1.54, 1.807) is 14.2 Å². The first-order chi connectivity index (χ1) is 10.2. The highest BCUT2D eigenvalue weighted by atomic mass is 79.9. The Morgan fingerprint density at radius 3 is 2.57 bits per heavy atom. The van der Waals surface area contributed by atoms with Gasteiger partial charge in [-0.3, -0.25) is 0 Å². The molecule has 1 atom stereocenters. The van der Waals surface area contributed by atoms with E-state index in [0.717, 1.165) is 28.0 Å². The zero-order valence-corrected chi connectivity index (χ0v) is 14.1. The molecule has 21 heavy (non-hydrogen) atoms. The quantitative estimate of drug-likeness (QED) is 0.855. The Labute approximate surface area is 134 Å². The second kappa shape index (κ2) is 7.48. The molecule has 0 aromatic heterocycles. The fraction of sp³-hybridized carbons (Fsp3) is 0.294. The van der Waals surface area contributed by atoms with Crippen LogP contribution in [0.25, 0.3) is 0 Å². The van der Waals surface area contributed by atoms with Crippen LogP contribution >= 0.6 is 15.9 Å². The van der Waals surface area contributed by atoms with Gasteiger partial charge in [-0.1, -0.05) is 34.1 Å². The molecule has 1 N–H and O–H groups in total. The van der Waals surface area contributed by atoms with Crippen molar-refractivity contribution < 1.29 is 9.47 Å². The molecular formula is C17H20BrNO2. The molecule has 0 heterocycles. The minimum Gasteiger partial charge on any atom is -0.497 e. The summed E-state index contributed by atoms with van der Waals surface area (Å²) in [6.45, 7) is 0. The van der Waals surface area contributed by atoms with Crippen LogP contribution in [0.3, 0.4) is 0 Å². The molecule has 0 aliphatic heterocycles. The lowest BCUT2D eigenvalue weighted by Crippen LogP contribution is -2.19. The Bertz CT molecular complexity index is 601. The molecule has 112 valence electrons. The maximum absolute atomic E-state index is 5.50. The number of rotatable bonds is 6. The first kappa shape index (κ1) is 15.9. The predicted molar refractivity (Wildman–Crippen MR) is 89.2 cm³/mol. The molecular weight excluding hydrogens is 330 g/mol. The lowest BCUT2D eigenvalue weighted by atomic mass is 9.98. The lowest BCUT2D eigenvalue weighted by Gasteiger charge is -2.20. The molecule has 0 bridgehead atoms. The summed E-state index contributed by atoms with van der Waals surface area (Å²) in [5.41, 5.74) is 2.37. The minimum absolute atomic E-state index is 0.181. The van der Waals surface area contributed by atoms with Crippen LogP contribution in [-0.4, -0.2) is 21.3 Å². The number of hydrogen-bond acceptors (Lipinski definition) is 3. The van der Waals surface area contributed by atoms with Crippen molar-refractivity contribution in [1.29, 1.82) is 0 Å². The second-order valence-corrected chi connectivity index (χ2v) is 5.70. The van der Waals surface area contributed by atoms with Gasteiger partial charge in [-0.2, -0.15) is 0 Å². The van der Waals surface area contributed by atoms with E-state index in [2.05, 4.69) is 39.4 Å².